The first kappa shape index (κ1) is 9.72. The van der Waals surface area contributed by atoms with Crippen molar-refractivity contribution in [3.63, 3.8) is 0 Å². The number of aromatic nitrogens is 1. The highest BCUT2D eigenvalue weighted by Gasteiger charge is 2.21. The van der Waals surface area contributed by atoms with E-state index < -0.39 is 0 Å². The summed E-state index contributed by atoms with van der Waals surface area (Å²) in [5, 5.41) is 0.834. The van der Waals surface area contributed by atoms with Gasteiger partial charge >= 0.3 is 5.13 Å². The van der Waals surface area contributed by atoms with Crippen LogP contribution in [0.5, 0.6) is 11.5 Å². The molecule has 2 N–H and O–H groups in total. The normalized spacial score (nSPS) is 13.6. The number of fused-ring (bicyclic) bond motifs is 2. The van der Waals surface area contributed by atoms with Gasteiger partial charge in [-0.2, -0.15) is 0 Å². The van der Waals surface area contributed by atoms with Gasteiger partial charge in [0.25, 0.3) is 0 Å². The van der Waals surface area contributed by atoms with E-state index in [1.807, 2.05) is 12.1 Å². The van der Waals surface area contributed by atoms with E-state index >= 15 is 0 Å². The van der Waals surface area contributed by atoms with Crippen LogP contribution in [0.25, 0.3) is 10.2 Å². The zero-order valence-corrected chi connectivity index (χ0v) is 9.84. The molecule has 84 valence electrons. The molecule has 0 atom stereocenters. The van der Waals surface area contributed by atoms with Gasteiger partial charge in [0.2, 0.25) is 6.79 Å². The first-order valence-corrected chi connectivity index (χ1v) is 6.12. The van der Waals surface area contributed by atoms with Crippen LogP contribution in [0.2, 0.25) is 0 Å². The van der Waals surface area contributed by atoms with Crippen LogP contribution in [0.3, 0.4) is 0 Å². The van der Waals surface area contributed by atoms with Gasteiger partial charge in [0.05, 0.1) is 11.2 Å². The van der Waals surface area contributed by atoms with Crippen molar-refractivity contribution in [3.8, 4) is 11.5 Å². The Labute approximate surface area is 97.2 Å². The van der Waals surface area contributed by atoms with Crippen molar-refractivity contribution in [2.75, 3.05) is 12.5 Å². The second-order valence-corrected chi connectivity index (χ2v) is 4.83. The minimum Gasteiger partial charge on any atom is -0.454 e. The Morgan fingerprint density at radius 1 is 1.38 bits per heavy atom. The number of benzene rings is 1. The molecule has 0 bridgehead atoms. The van der Waals surface area contributed by atoms with Gasteiger partial charge in [-0.15, -0.1) is 0 Å². The molecule has 0 saturated heterocycles. The number of aryl methyl sites for hydroxylation is 1. The Balaban J connectivity index is 2.23. The average molecular weight is 237 g/mol. The fraction of sp³-hybridized carbons (Fsp3) is 0.364. The molecule has 2 aromatic rings. The van der Waals surface area contributed by atoms with Crippen LogP contribution >= 0.6 is 11.3 Å². The average Bonchev–Trinajstić information content (AvgIpc) is 2.81. The Hall–Kier alpha value is -1.49. The van der Waals surface area contributed by atoms with Gasteiger partial charge in [0, 0.05) is 12.1 Å². The quantitative estimate of drug-likeness (QED) is 0.812. The van der Waals surface area contributed by atoms with Crippen LogP contribution in [0, 0.1) is 0 Å². The van der Waals surface area contributed by atoms with Crippen molar-refractivity contribution in [2.45, 2.75) is 19.9 Å². The van der Waals surface area contributed by atoms with Crippen molar-refractivity contribution < 1.29 is 14.0 Å². The third-order valence-electron chi connectivity index (χ3n) is 2.67. The van der Waals surface area contributed by atoms with Gasteiger partial charge in [-0.05, 0) is 17.8 Å². The lowest BCUT2D eigenvalue weighted by Gasteiger charge is -1.98. The standard InChI is InChI=1S/C11H12N2O2S/c1-2-3-13-7-4-8-9(15-6-14-8)5-10(7)16-11(13)12/h4-5,12H,2-3,6H2,1H3/p+1. The van der Waals surface area contributed by atoms with Crippen LogP contribution < -0.4 is 19.8 Å². The van der Waals surface area contributed by atoms with Crippen LogP contribution in [0.15, 0.2) is 12.1 Å². The number of nitrogen functional groups attached to an aromatic ring is 1. The number of anilines is 1. The van der Waals surface area contributed by atoms with Crippen LogP contribution in [-0.4, -0.2) is 6.79 Å². The number of hydrogen-bond donors (Lipinski definition) is 1. The third kappa shape index (κ3) is 1.31. The first-order valence-electron chi connectivity index (χ1n) is 5.31. The van der Waals surface area contributed by atoms with Gasteiger partial charge in [-0.25, -0.2) is 4.57 Å². The van der Waals surface area contributed by atoms with Crippen LogP contribution in [0.1, 0.15) is 13.3 Å². The van der Waals surface area contributed by atoms with Crippen molar-refractivity contribution in [1.29, 1.82) is 0 Å². The van der Waals surface area contributed by atoms with Crippen molar-refractivity contribution >= 4 is 26.7 Å². The summed E-state index contributed by atoms with van der Waals surface area (Å²) in [5.74, 6) is 1.63. The fourth-order valence-corrected chi connectivity index (χ4v) is 2.91. The van der Waals surface area contributed by atoms with E-state index in [1.54, 1.807) is 11.3 Å². The second kappa shape index (κ2) is 3.52. The monoisotopic (exact) mass is 237 g/mol. The molecule has 0 fully saturated rings. The van der Waals surface area contributed by atoms with E-state index in [2.05, 4.69) is 11.5 Å². The molecule has 0 saturated carbocycles. The number of nitrogens with zero attached hydrogens (tertiary/aromatic N) is 1. The molecular formula is C11H13N2O2S+. The highest BCUT2D eigenvalue weighted by Crippen LogP contribution is 2.37. The lowest BCUT2D eigenvalue weighted by atomic mass is 10.3. The van der Waals surface area contributed by atoms with Crippen LogP contribution in [0.4, 0.5) is 5.13 Å². The Morgan fingerprint density at radius 2 is 2.12 bits per heavy atom. The summed E-state index contributed by atoms with van der Waals surface area (Å²) in [6.07, 6.45) is 1.06. The van der Waals surface area contributed by atoms with Gasteiger partial charge in [-0.3, -0.25) is 5.73 Å². The van der Waals surface area contributed by atoms with E-state index in [4.69, 9.17) is 15.2 Å². The SMILES string of the molecule is CCC[n+]1c(N)sc2cc3c(cc21)OCO3. The maximum absolute atomic E-state index is 6.00. The molecule has 0 amide bonds. The van der Waals surface area contributed by atoms with E-state index in [1.165, 1.54) is 0 Å². The lowest BCUT2D eigenvalue weighted by Crippen LogP contribution is -2.34. The molecule has 16 heavy (non-hydrogen) atoms. The van der Waals surface area contributed by atoms with Crippen molar-refractivity contribution in [2.24, 2.45) is 0 Å². The van der Waals surface area contributed by atoms with Crippen molar-refractivity contribution in [3.05, 3.63) is 12.1 Å². The molecular weight excluding hydrogens is 224 g/mol. The molecule has 1 aliphatic rings. The molecule has 2 heterocycles. The predicted molar refractivity (Wildman–Crippen MR) is 62.8 cm³/mol. The van der Waals surface area contributed by atoms with Gasteiger partial charge in [-0.1, -0.05) is 6.92 Å². The molecule has 5 heteroatoms. The van der Waals surface area contributed by atoms with E-state index in [0.29, 0.717) is 6.79 Å². The Kier molecular flexibility index (Phi) is 2.14. The van der Waals surface area contributed by atoms with E-state index in [9.17, 15) is 0 Å². The maximum atomic E-state index is 6.00. The summed E-state index contributed by atoms with van der Waals surface area (Å²) < 4.78 is 14.0. The molecule has 0 unspecified atom stereocenters. The van der Waals surface area contributed by atoms with Crippen molar-refractivity contribution in [1.82, 2.24) is 0 Å². The predicted octanol–water partition coefficient (Wildman–Crippen LogP) is 1.91. The fourth-order valence-electron chi connectivity index (χ4n) is 1.95. The number of nitrogens with two attached hydrogens (primary N) is 1. The molecule has 4 nitrogen and oxygen atoms in total. The lowest BCUT2D eigenvalue weighted by molar-refractivity contribution is -0.653. The van der Waals surface area contributed by atoms with Gasteiger partial charge in [0.1, 0.15) is 5.52 Å². The van der Waals surface area contributed by atoms with E-state index in [-0.39, 0.29) is 0 Å². The summed E-state index contributed by atoms with van der Waals surface area (Å²) in [5.41, 5.74) is 7.13. The first-order chi connectivity index (χ1) is 7.79. The smallest absolute Gasteiger partial charge is 0.332 e. The summed E-state index contributed by atoms with van der Waals surface area (Å²) in [6.45, 7) is 3.39. The minimum atomic E-state index is 0.315. The summed E-state index contributed by atoms with van der Waals surface area (Å²) in [4.78, 5) is 0. The van der Waals surface area contributed by atoms with Gasteiger partial charge < -0.3 is 9.47 Å². The second-order valence-electron chi connectivity index (χ2n) is 3.77. The summed E-state index contributed by atoms with van der Waals surface area (Å²) in [7, 11) is 0. The molecule has 1 aromatic heterocycles. The molecule has 0 spiro atoms. The number of hydrogen-bond acceptors (Lipinski definition) is 4. The molecule has 0 radical (unpaired) electrons. The summed E-state index contributed by atoms with van der Waals surface area (Å²) >= 11 is 1.59. The minimum absolute atomic E-state index is 0.315. The highest BCUT2D eigenvalue weighted by atomic mass is 32.1. The Morgan fingerprint density at radius 3 is 2.88 bits per heavy atom. The zero-order chi connectivity index (χ0) is 11.1. The topological polar surface area (TPSA) is 48.4 Å². The van der Waals surface area contributed by atoms with Gasteiger partial charge in [0.15, 0.2) is 11.5 Å². The third-order valence-corrected chi connectivity index (χ3v) is 3.65. The summed E-state index contributed by atoms with van der Waals surface area (Å²) in [6, 6.07) is 4.02. The number of ether oxygens (including phenoxy) is 2. The van der Waals surface area contributed by atoms with Crippen LogP contribution in [-0.2, 0) is 6.54 Å². The molecule has 1 aliphatic heterocycles. The number of rotatable bonds is 2. The maximum Gasteiger partial charge on any atom is 0.332 e. The Bertz CT molecular complexity index is 550. The largest absolute Gasteiger partial charge is 0.454 e. The zero-order valence-electron chi connectivity index (χ0n) is 9.03. The molecule has 0 aliphatic carbocycles. The highest BCUT2D eigenvalue weighted by molar-refractivity contribution is 7.21. The molecule has 3 rings (SSSR count). The number of thiazole rings is 1. The van der Waals surface area contributed by atoms with E-state index in [0.717, 1.165) is 39.8 Å². The molecule has 1 aromatic carbocycles.